The number of hydrogen-bond donors (Lipinski definition) is 2. The molecule has 1 aromatic rings. The van der Waals surface area contributed by atoms with Gasteiger partial charge in [0, 0.05) is 6.54 Å². The maximum atomic E-state index is 12.0. The van der Waals surface area contributed by atoms with E-state index in [0.717, 1.165) is 12.1 Å². The van der Waals surface area contributed by atoms with Crippen LogP contribution in [0.15, 0.2) is 29.2 Å². The molecule has 2 N–H and O–H groups in total. The molecule has 18 heavy (non-hydrogen) atoms. The molecule has 102 valence electrons. The van der Waals surface area contributed by atoms with E-state index in [1.54, 1.807) is 12.1 Å². The lowest BCUT2D eigenvalue weighted by Gasteiger charge is -2.08. The Morgan fingerprint density at radius 1 is 1.33 bits per heavy atom. The summed E-state index contributed by atoms with van der Waals surface area (Å²) in [5, 5.41) is 3.06. The van der Waals surface area contributed by atoms with Crippen molar-refractivity contribution in [3.63, 3.8) is 0 Å². The molecule has 0 atom stereocenters. The van der Waals surface area contributed by atoms with Gasteiger partial charge in [0.05, 0.1) is 11.4 Å². The maximum Gasteiger partial charge on any atom is 0.251 e. The highest BCUT2D eigenvalue weighted by atomic mass is 32.2. The fourth-order valence-corrected chi connectivity index (χ4v) is 2.42. The lowest BCUT2D eigenvalue weighted by atomic mass is 10.2. The van der Waals surface area contributed by atoms with Gasteiger partial charge in [-0.05, 0) is 24.2 Å². The highest BCUT2D eigenvalue weighted by molar-refractivity contribution is 7.89. The molecule has 0 radical (unpaired) electrons. The van der Waals surface area contributed by atoms with E-state index in [1.807, 2.05) is 11.6 Å². The van der Waals surface area contributed by atoms with E-state index in [9.17, 15) is 17.2 Å². The Bertz CT molecular complexity index is 478. The van der Waals surface area contributed by atoms with Gasteiger partial charge in [0.2, 0.25) is 10.0 Å². The zero-order valence-electron chi connectivity index (χ0n) is 9.99. The first kappa shape index (κ1) is 15.0. The van der Waals surface area contributed by atoms with E-state index < -0.39 is 23.0 Å². The van der Waals surface area contributed by atoms with Gasteiger partial charge in [0.1, 0.15) is 0 Å². The predicted octanol–water partition coefficient (Wildman–Crippen LogP) is 1.34. The van der Waals surface area contributed by atoms with Crippen molar-refractivity contribution in [2.24, 2.45) is 0 Å². The van der Waals surface area contributed by atoms with Crippen LogP contribution in [0, 0.1) is 0 Å². The van der Waals surface area contributed by atoms with Crippen LogP contribution in [0.1, 0.15) is 12.5 Å². The molecule has 0 aliphatic heterocycles. The third-order valence-electron chi connectivity index (χ3n) is 2.22. The van der Waals surface area contributed by atoms with Crippen molar-refractivity contribution in [1.29, 1.82) is 0 Å². The number of alkyl halides is 2. The van der Waals surface area contributed by atoms with Crippen LogP contribution < -0.4 is 10.0 Å². The fourth-order valence-electron chi connectivity index (χ4n) is 1.35. The third-order valence-corrected chi connectivity index (χ3v) is 3.64. The van der Waals surface area contributed by atoms with Gasteiger partial charge in [-0.15, -0.1) is 0 Å². The van der Waals surface area contributed by atoms with E-state index in [1.165, 1.54) is 12.1 Å². The maximum absolute atomic E-state index is 12.0. The molecule has 0 saturated carbocycles. The van der Waals surface area contributed by atoms with Gasteiger partial charge in [0.25, 0.3) is 6.43 Å². The Kier molecular flexibility index (Phi) is 5.64. The summed E-state index contributed by atoms with van der Waals surface area (Å²) < 4.78 is 49.2. The van der Waals surface area contributed by atoms with Crippen molar-refractivity contribution < 1.29 is 17.2 Å². The van der Waals surface area contributed by atoms with Gasteiger partial charge in [-0.2, -0.15) is 0 Å². The van der Waals surface area contributed by atoms with Gasteiger partial charge in [0.15, 0.2) is 0 Å². The summed E-state index contributed by atoms with van der Waals surface area (Å²) in [6.07, 6.45) is -2.70. The minimum absolute atomic E-state index is 0.00134. The minimum Gasteiger partial charge on any atom is -0.313 e. The van der Waals surface area contributed by atoms with Crippen LogP contribution >= 0.6 is 0 Å². The second-order valence-electron chi connectivity index (χ2n) is 3.67. The van der Waals surface area contributed by atoms with Crippen LogP contribution in [0.3, 0.4) is 0 Å². The number of nitrogens with one attached hydrogen (secondary N) is 2. The lowest BCUT2D eigenvalue weighted by Crippen LogP contribution is -2.28. The van der Waals surface area contributed by atoms with Gasteiger partial charge in [-0.25, -0.2) is 21.9 Å². The molecule has 4 nitrogen and oxygen atoms in total. The van der Waals surface area contributed by atoms with Crippen LogP contribution in [-0.2, 0) is 16.6 Å². The van der Waals surface area contributed by atoms with Gasteiger partial charge in [-0.3, -0.25) is 0 Å². The second-order valence-corrected chi connectivity index (χ2v) is 5.44. The predicted molar refractivity (Wildman–Crippen MR) is 65.0 cm³/mol. The lowest BCUT2D eigenvalue weighted by molar-refractivity contribution is 0.153. The van der Waals surface area contributed by atoms with Crippen molar-refractivity contribution in [3.05, 3.63) is 29.8 Å². The normalized spacial score (nSPS) is 12.0. The molecule has 0 saturated heterocycles. The molecule has 0 bridgehead atoms. The van der Waals surface area contributed by atoms with E-state index >= 15 is 0 Å². The summed E-state index contributed by atoms with van der Waals surface area (Å²) in [6, 6.07) is 6.21. The van der Waals surface area contributed by atoms with Crippen molar-refractivity contribution in [2.75, 3.05) is 13.1 Å². The van der Waals surface area contributed by atoms with E-state index in [2.05, 4.69) is 5.32 Å². The molecule has 0 aliphatic rings. The zero-order chi connectivity index (χ0) is 13.6. The summed E-state index contributed by atoms with van der Waals surface area (Å²) in [5.74, 6) is 0. The molecular formula is C11H16F2N2O2S. The van der Waals surface area contributed by atoms with E-state index in [4.69, 9.17) is 0 Å². The molecule has 0 heterocycles. The number of hydrogen-bond acceptors (Lipinski definition) is 3. The Labute approximate surface area is 105 Å². The molecule has 0 aromatic heterocycles. The van der Waals surface area contributed by atoms with E-state index in [-0.39, 0.29) is 4.90 Å². The number of sulfonamides is 1. The van der Waals surface area contributed by atoms with Crippen LogP contribution in [0.2, 0.25) is 0 Å². The van der Waals surface area contributed by atoms with Crippen molar-refractivity contribution in [2.45, 2.75) is 24.8 Å². The molecule has 0 spiro atoms. The van der Waals surface area contributed by atoms with Crippen molar-refractivity contribution in [3.8, 4) is 0 Å². The first-order valence-corrected chi connectivity index (χ1v) is 7.01. The average molecular weight is 278 g/mol. The fraction of sp³-hybridized carbons (Fsp3) is 0.455. The third kappa shape index (κ3) is 4.67. The molecule has 0 fully saturated rings. The monoisotopic (exact) mass is 278 g/mol. The SMILES string of the molecule is CCNCc1cccc(S(=O)(=O)NCC(F)F)c1. The van der Waals surface area contributed by atoms with Gasteiger partial charge >= 0.3 is 0 Å². The smallest absolute Gasteiger partial charge is 0.251 e. The molecule has 1 rings (SSSR count). The van der Waals surface area contributed by atoms with Crippen molar-refractivity contribution >= 4 is 10.0 Å². The molecule has 7 heteroatoms. The van der Waals surface area contributed by atoms with Crippen molar-refractivity contribution in [1.82, 2.24) is 10.0 Å². The Morgan fingerprint density at radius 2 is 2.06 bits per heavy atom. The summed E-state index contributed by atoms with van der Waals surface area (Å²) in [4.78, 5) is -0.00134. The zero-order valence-corrected chi connectivity index (χ0v) is 10.8. The topological polar surface area (TPSA) is 58.2 Å². The standard InChI is InChI=1S/C11H16F2N2O2S/c1-2-14-7-9-4-3-5-10(6-9)18(16,17)15-8-11(12)13/h3-6,11,14-15H,2,7-8H2,1H3. The Morgan fingerprint density at radius 3 is 2.67 bits per heavy atom. The quantitative estimate of drug-likeness (QED) is 0.791. The first-order valence-electron chi connectivity index (χ1n) is 5.53. The Balaban J connectivity index is 2.81. The van der Waals surface area contributed by atoms with Crippen LogP contribution in [0.25, 0.3) is 0 Å². The number of rotatable bonds is 7. The average Bonchev–Trinajstić information content (AvgIpc) is 2.34. The number of benzene rings is 1. The minimum atomic E-state index is -3.86. The summed E-state index contributed by atoms with van der Waals surface area (Å²) in [5.41, 5.74) is 0.789. The van der Waals surface area contributed by atoms with Crippen LogP contribution in [0.5, 0.6) is 0 Å². The van der Waals surface area contributed by atoms with E-state index in [0.29, 0.717) is 6.54 Å². The summed E-state index contributed by atoms with van der Waals surface area (Å²) in [6.45, 7) is 2.36. The number of halogens is 2. The molecule has 0 amide bonds. The molecule has 1 aromatic carbocycles. The summed E-state index contributed by atoms with van der Waals surface area (Å²) >= 11 is 0. The molecule has 0 aliphatic carbocycles. The Hall–Kier alpha value is -1.05. The largest absolute Gasteiger partial charge is 0.313 e. The summed E-state index contributed by atoms with van der Waals surface area (Å²) in [7, 11) is -3.86. The van der Waals surface area contributed by atoms with Crippen LogP contribution in [-0.4, -0.2) is 27.9 Å². The molecular weight excluding hydrogens is 262 g/mol. The highest BCUT2D eigenvalue weighted by Crippen LogP contribution is 2.11. The van der Waals surface area contributed by atoms with Crippen LogP contribution in [0.4, 0.5) is 8.78 Å². The highest BCUT2D eigenvalue weighted by Gasteiger charge is 2.16. The molecule has 0 unspecified atom stereocenters. The second kappa shape index (κ2) is 6.77. The van der Waals surface area contributed by atoms with Gasteiger partial charge in [-0.1, -0.05) is 19.1 Å². The van der Waals surface area contributed by atoms with Gasteiger partial charge < -0.3 is 5.32 Å². The first-order chi connectivity index (χ1) is 8.45.